The molecule has 0 amide bonds. The maximum absolute atomic E-state index is 3.62. The highest BCUT2D eigenvalue weighted by Gasteiger charge is 2.13. The molecule has 2 aromatic rings. The van der Waals surface area contributed by atoms with Crippen LogP contribution in [-0.2, 0) is 6.42 Å². The summed E-state index contributed by atoms with van der Waals surface area (Å²) in [6.45, 7) is 7.57. The second-order valence-corrected chi connectivity index (χ2v) is 6.48. The van der Waals surface area contributed by atoms with Crippen LogP contribution in [0, 0.1) is 17.4 Å². The molecule has 0 spiro atoms. The van der Waals surface area contributed by atoms with E-state index < -0.39 is 0 Å². The van der Waals surface area contributed by atoms with Gasteiger partial charge >= 0.3 is 0 Å². The van der Waals surface area contributed by atoms with Crippen LogP contribution in [0.25, 0.3) is 0 Å². The molecule has 0 saturated carbocycles. The number of likely N-dealkylation sites (N-methyl/N-ethyl adjacent to an activating group) is 1. The number of hydrogen-bond donors (Lipinski definition) is 1. The first-order valence-electron chi connectivity index (χ1n) is 7.15. The lowest BCUT2D eigenvalue weighted by molar-refractivity contribution is 0.547. The van der Waals surface area contributed by atoms with Gasteiger partial charge in [0.1, 0.15) is 0 Å². The van der Waals surface area contributed by atoms with Crippen LogP contribution in [0.5, 0.6) is 0 Å². The van der Waals surface area contributed by atoms with Gasteiger partial charge in [0, 0.05) is 9.61 Å². The maximum Gasteiger partial charge on any atom is 0.0360 e. The average Bonchev–Trinajstić information content (AvgIpc) is 2.43. The molecule has 106 valence electrons. The topological polar surface area (TPSA) is 12.0 Å². The van der Waals surface area contributed by atoms with Crippen molar-refractivity contribution < 1.29 is 0 Å². The molecule has 1 unspecified atom stereocenters. The van der Waals surface area contributed by atoms with Gasteiger partial charge in [0.05, 0.1) is 0 Å². The first-order valence-corrected chi connectivity index (χ1v) is 8.23. The first kappa shape index (κ1) is 15.5. The zero-order valence-electron chi connectivity index (χ0n) is 12.4. The van der Waals surface area contributed by atoms with Crippen molar-refractivity contribution in [1.82, 2.24) is 5.32 Å². The molecule has 0 heterocycles. The molecule has 0 radical (unpaired) electrons. The lowest BCUT2D eigenvalue weighted by Crippen LogP contribution is -2.23. The van der Waals surface area contributed by atoms with E-state index in [1.807, 2.05) is 0 Å². The second-order valence-electron chi connectivity index (χ2n) is 5.24. The van der Waals surface area contributed by atoms with Gasteiger partial charge in [-0.05, 0) is 83.8 Å². The zero-order valence-corrected chi connectivity index (χ0v) is 14.6. The van der Waals surface area contributed by atoms with Gasteiger partial charge in [-0.2, -0.15) is 0 Å². The zero-order chi connectivity index (χ0) is 14.5. The van der Waals surface area contributed by atoms with E-state index in [9.17, 15) is 0 Å². The smallest absolute Gasteiger partial charge is 0.0360 e. The Morgan fingerprint density at radius 2 is 1.60 bits per heavy atom. The standard InChI is InChI=1S/C18H22IN/c1-4-20-18(15-8-10-16(19)11-9-15)12-17-13(2)6-5-7-14(17)3/h5-11,18,20H,4,12H2,1-3H3. The summed E-state index contributed by atoms with van der Waals surface area (Å²) in [6, 6.07) is 15.8. The van der Waals surface area contributed by atoms with Gasteiger partial charge in [0.15, 0.2) is 0 Å². The maximum atomic E-state index is 3.62. The van der Waals surface area contributed by atoms with E-state index in [1.54, 1.807) is 0 Å². The molecule has 20 heavy (non-hydrogen) atoms. The Morgan fingerprint density at radius 1 is 1.00 bits per heavy atom. The molecule has 1 N–H and O–H groups in total. The monoisotopic (exact) mass is 379 g/mol. The van der Waals surface area contributed by atoms with Crippen molar-refractivity contribution in [2.24, 2.45) is 0 Å². The van der Waals surface area contributed by atoms with E-state index in [0.717, 1.165) is 13.0 Å². The lowest BCUT2D eigenvalue weighted by atomic mass is 9.93. The molecule has 0 fully saturated rings. The van der Waals surface area contributed by atoms with Crippen LogP contribution in [-0.4, -0.2) is 6.54 Å². The van der Waals surface area contributed by atoms with E-state index in [1.165, 1.54) is 25.8 Å². The van der Waals surface area contributed by atoms with Gasteiger partial charge in [-0.1, -0.05) is 37.3 Å². The fraction of sp³-hybridized carbons (Fsp3) is 0.333. The van der Waals surface area contributed by atoms with Crippen molar-refractivity contribution >= 4 is 22.6 Å². The predicted octanol–water partition coefficient (Wildman–Crippen LogP) is 4.80. The predicted molar refractivity (Wildman–Crippen MR) is 95.2 cm³/mol. The molecule has 0 aromatic heterocycles. The molecule has 2 rings (SSSR count). The average molecular weight is 379 g/mol. The number of rotatable bonds is 5. The number of nitrogens with one attached hydrogen (secondary N) is 1. The minimum absolute atomic E-state index is 0.386. The summed E-state index contributed by atoms with van der Waals surface area (Å²) < 4.78 is 1.29. The van der Waals surface area contributed by atoms with Crippen LogP contribution in [0.1, 0.15) is 35.2 Å². The Bertz CT molecular complexity index is 540. The fourth-order valence-corrected chi connectivity index (χ4v) is 2.98. The number of halogens is 1. The van der Waals surface area contributed by atoms with Gasteiger partial charge in [0.2, 0.25) is 0 Å². The normalized spacial score (nSPS) is 12.4. The molecular weight excluding hydrogens is 357 g/mol. The molecule has 0 saturated heterocycles. The Hall–Kier alpha value is -0.870. The molecule has 0 aliphatic heterocycles. The molecule has 2 heteroatoms. The Morgan fingerprint density at radius 3 is 2.15 bits per heavy atom. The summed E-state index contributed by atoms with van der Waals surface area (Å²) in [5.74, 6) is 0. The summed E-state index contributed by atoms with van der Waals surface area (Å²) in [7, 11) is 0. The van der Waals surface area contributed by atoms with Crippen LogP contribution >= 0.6 is 22.6 Å². The first-order chi connectivity index (χ1) is 9.61. The van der Waals surface area contributed by atoms with Crippen LogP contribution in [0.15, 0.2) is 42.5 Å². The van der Waals surface area contributed by atoms with Crippen LogP contribution in [0.3, 0.4) is 0 Å². The Balaban J connectivity index is 2.28. The van der Waals surface area contributed by atoms with Gasteiger partial charge < -0.3 is 5.32 Å². The van der Waals surface area contributed by atoms with Crippen molar-refractivity contribution in [3.05, 3.63) is 68.3 Å². The van der Waals surface area contributed by atoms with E-state index in [2.05, 4.69) is 91.1 Å². The summed E-state index contributed by atoms with van der Waals surface area (Å²) in [4.78, 5) is 0. The quantitative estimate of drug-likeness (QED) is 0.736. The third-order valence-corrected chi connectivity index (χ3v) is 4.49. The minimum atomic E-state index is 0.386. The van der Waals surface area contributed by atoms with Gasteiger partial charge in [-0.3, -0.25) is 0 Å². The van der Waals surface area contributed by atoms with E-state index in [4.69, 9.17) is 0 Å². The van der Waals surface area contributed by atoms with Crippen LogP contribution in [0.4, 0.5) is 0 Å². The third kappa shape index (κ3) is 3.83. The minimum Gasteiger partial charge on any atom is -0.310 e. The lowest BCUT2D eigenvalue weighted by Gasteiger charge is -2.21. The molecule has 0 aliphatic carbocycles. The van der Waals surface area contributed by atoms with Gasteiger partial charge in [0.25, 0.3) is 0 Å². The summed E-state index contributed by atoms with van der Waals surface area (Å²) in [5, 5.41) is 3.62. The van der Waals surface area contributed by atoms with Crippen molar-refractivity contribution in [3.63, 3.8) is 0 Å². The highest BCUT2D eigenvalue weighted by Crippen LogP contribution is 2.23. The molecule has 0 bridgehead atoms. The summed E-state index contributed by atoms with van der Waals surface area (Å²) >= 11 is 2.36. The highest BCUT2D eigenvalue weighted by atomic mass is 127. The largest absolute Gasteiger partial charge is 0.310 e. The van der Waals surface area contributed by atoms with Crippen LogP contribution < -0.4 is 5.32 Å². The molecule has 0 aliphatic rings. The molecule has 2 aromatic carbocycles. The van der Waals surface area contributed by atoms with E-state index in [0.29, 0.717) is 6.04 Å². The van der Waals surface area contributed by atoms with Gasteiger partial charge in [-0.25, -0.2) is 0 Å². The Kier molecular flexibility index (Phi) is 5.61. The number of hydrogen-bond acceptors (Lipinski definition) is 1. The second kappa shape index (κ2) is 7.23. The molecule has 1 atom stereocenters. The number of benzene rings is 2. The Labute approximate surface area is 135 Å². The summed E-state index contributed by atoms with van der Waals surface area (Å²) in [6.07, 6.45) is 1.05. The molecule has 1 nitrogen and oxygen atoms in total. The number of aryl methyl sites for hydroxylation is 2. The van der Waals surface area contributed by atoms with Crippen molar-refractivity contribution in [1.29, 1.82) is 0 Å². The highest BCUT2D eigenvalue weighted by molar-refractivity contribution is 14.1. The fourth-order valence-electron chi connectivity index (χ4n) is 2.62. The van der Waals surface area contributed by atoms with Gasteiger partial charge in [-0.15, -0.1) is 0 Å². The third-order valence-electron chi connectivity index (χ3n) is 3.78. The van der Waals surface area contributed by atoms with Crippen molar-refractivity contribution in [3.8, 4) is 0 Å². The van der Waals surface area contributed by atoms with E-state index in [-0.39, 0.29) is 0 Å². The molecular formula is C18H22IN. The van der Waals surface area contributed by atoms with Crippen LogP contribution in [0.2, 0.25) is 0 Å². The van der Waals surface area contributed by atoms with E-state index >= 15 is 0 Å². The summed E-state index contributed by atoms with van der Waals surface area (Å²) in [5.41, 5.74) is 5.61. The SMILES string of the molecule is CCNC(Cc1c(C)cccc1C)c1ccc(I)cc1. The van der Waals surface area contributed by atoms with Crippen molar-refractivity contribution in [2.75, 3.05) is 6.54 Å². The van der Waals surface area contributed by atoms with Crippen molar-refractivity contribution in [2.45, 2.75) is 33.2 Å².